The molecule has 0 atom stereocenters. The lowest BCUT2D eigenvalue weighted by Crippen LogP contribution is -2.50. The molecule has 9 nitrogen and oxygen atoms in total. The highest BCUT2D eigenvalue weighted by Crippen LogP contribution is 2.21. The van der Waals surface area contributed by atoms with Crippen molar-refractivity contribution in [3.8, 4) is 0 Å². The molecule has 3 heterocycles. The van der Waals surface area contributed by atoms with Crippen LogP contribution < -0.4 is 5.32 Å². The molecule has 1 amide bonds. The summed E-state index contributed by atoms with van der Waals surface area (Å²) in [5.74, 6) is 2.42. The molecule has 1 N–H and O–H groups in total. The van der Waals surface area contributed by atoms with Gasteiger partial charge in [-0.25, -0.2) is 4.99 Å². The van der Waals surface area contributed by atoms with E-state index in [2.05, 4.69) is 27.3 Å². The average molecular weight is 407 g/mol. The van der Waals surface area contributed by atoms with Gasteiger partial charge in [0.15, 0.2) is 11.8 Å². The van der Waals surface area contributed by atoms with Crippen LogP contribution in [0.1, 0.15) is 52.3 Å². The van der Waals surface area contributed by atoms with Gasteiger partial charge in [0.2, 0.25) is 11.8 Å². The molecule has 2 aliphatic heterocycles. The number of piperidine rings is 1. The Balaban J connectivity index is 1.56. The van der Waals surface area contributed by atoms with Gasteiger partial charge in [-0.15, -0.1) is 0 Å². The molecule has 162 valence electrons. The van der Waals surface area contributed by atoms with Crippen molar-refractivity contribution in [2.45, 2.75) is 52.5 Å². The van der Waals surface area contributed by atoms with E-state index >= 15 is 0 Å². The molecular weight excluding hydrogens is 372 g/mol. The summed E-state index contributed by atoms with van der Waals surface area (Å²) in [6, 6.07) is 0. The number of hydrogen-bond acceptors (Lipinski definition) is 6. The number of aliphatic imine (C=N–C) groups is 1. The summed E-state index contributed by atoms with van der Waals surface area (Å²) in [4.78, 5) is 26.0. The van der Waals surface area contributed by atoms with E-state index in [1.54, 1.807) is 0 Å². The van der Waals surface area contributed by atoms with E-state index in [9.17, 15) is 4.79 Å². The lowest BCUT2D eigenvalue weighted by atomic mass is 9.95. The topological polar surface area (TPSA) is 96.1 Å². The minimum Gasteiger partial charge on any atom is -0.378 e. The summed E-state index contributed by atoms with van der Waals surface area (Å²) in [5, 5.41) is 7.39. The monoisotopic (exact) mass is 406 g/mol. The Morgan fingerprint density at radius 2 is 1.86 bits per heavy atom. The van der Waals surface area contributed by atoms with Crippen LogP contribution in [0.2, 0.25) is 0 Å². The summed E-state index contributed by atoms with van der Waals surface area (Å²) >= 11 is 0. The fourth-order valence-corrected chi connectivity index (χ4v) is 3.57. The maximum absolute atomic E-state index is 12.7. The summed E-state index contributed by atoms with van der Waals surface area (Å²) in [6.45, 7) is 13.7. The standard InChI is InChI=1S/C20H34N6O3/c1-5-21-19(22-14-16-23-18(29-24-16)20(2,3)4)26-8-6-15(7-9-26)17(27)25-10-12-28-13-11-25/h15H,5-14H2,1-4H3,(H,21,22). The Labute approximate surface area is 172 Å². The molecule has 0 saturated carbocycles. The fraction of sp³-hybridized carbons (Fsp3) is 0.800. The molecule has 0 unspecified atom stereocenters. The van der Waals surface area contributed by atoms with Crippen molar-refractivity contribution in [3.63, 3.8) is 0 Å². The molecule has 2 fully saturated rings. The molecule has 2 saturated heterocycles. The van der Waals surface area contributed by atoms with Gasteiger partial charge in [0.05, 0.1) is 13.2 Å². The van der Waals surface area contributed by atoms with Crippen molar-refractivity contribution in [2.24, 2.45) is 10.9 Å². The predicted octanol–water partition coefficient (Wildman–Crippen LogP) is 1.40. The summed E-state index contributed by atoms with van der Waals surface area (Å²) in [7, 11) is 0. The number of nitrogens with one attached hydrogen (secondary N) is 1. The lowest BCUT2D eigenvalue weighted by Gasteiger charge is -2.36. The molecule has 9 heteroatoms. The van der Waals surface area contributed by atoms with Gasteiger partial charge in [-0.2, -0.15) is 4.98 Å². The minimum absolute atomic E-state index is 0.0961. The zero-order valence-electron chi connectivity index (χ0n) is 18.1. The van der Waals surface area contributed by atoms with E-state index in [0.29, 0.717) is 44.6 Å². The zero-order valence-corrected chi connectivity index (χ0v) is 18.1. The summed E-state index contributed by atoms with van der Waals surface area (Å²) in [6.07, 6.45) is 1.69. The maximum atomic E-state index is 12.7. The van der Waals surface area contributed by atoms with E-state index in [0.717, 1.165) is 38.4 Å². The first-order valence-corrected chi connectivity index (χ1v) is 10.6. The zero-order chi connectivity index (χ0) is 20.9. The Hall–Kier alpha value is -2.16. The Kier molecular flexibility index (Phi) is 7.10. The number of rotatable bonds is 4. The van der Waals surface area contributed by atoms with Gasteiger partial charge in [-0.1, -0.05) is 25.9 Å². The highest BCUT2D eigenvalue weighted by Gasteiger charge is 2.30. The van der Waals surface area contributed by atoms with E-state index < -0.39 is 0 Å². The molecule has 0 aliphatic carbocycles. The van der Waals surface area contributed by atoms with Crippen molar-refractivity contribution in [3.05, 3.63) is 11.7 Å². The Bertz CT molecular complexity index is 697. The van der Waals surface area contributed by atoms with Crippen molar-refractivity contribution < 1.29 is 14.1 Å². The van der Waals surface area contributed by atoms with Gasteiger partial charge < -0.3 is 24.4 Å². The second-order valence-electron chi connectivity index (χ2n) is 8.63. The number of amides is 1. The summed E-state index contributed by atoms with van der Waals surface area (Å²) in [5.41, 5.74) is -0.172. The van der Waals surface area contributed by atoms with Crippen LogP contribution in [-0.2, 0) is 21.5 Å². The third-order valence-corrected chi connectivity index (χ3v) is 5.28. The maximum Gasteiger partial charge on any atom is 0.232 e. The molecule has 29 heavy (non-hydrogen) atoms. The van der Waals surface area contributed by atoms with Crippen molar-refractivity contribution >= 4 is 11.9 Å². The minimum atomic E-state index is -0.172. The molecule has 2 aliphatic rings. The quantitative estimate of drug-likeness (QED) is 0.596. The molecule has 0 aromatic carbocycles. The number of aromatic nitrogens is 2. The normalized spacial score (nSPS) is 19.5. The first-order valence-electron chi connectivity index (χ1n) is 10.6. The summed E-state index contributed by atoms with van der Waals surface area (Å²) < 4.78 is 10.7. The van der Waals surface area contributed by atoms with E-state index in [1.807, 2.05) is 25.7 Å². The van der Waals surface area contributed by atoms with E-state index in [1.165, 1.54) is 0 Å². The van der Waals surface area contributed by atoms with Gasteiger partial charge in [0.1, 0.15) is 6.54 Å². The molecular formula is C20H34N6O3. The molecule has 1 aromatic heterocycles. The number of carbonyl (C=O) groups is 1. The predicted molar refractivity (Wildman–Crippen MR) is 110 cm³/mol. The average Bonchev–Trinajstić information content (AvgIpc) is 3.21. The van der Waals surface area contributed by atoms with Crippen LogP contribution in [0.25, 0.3) is 0 Å². The molecule has 0 spiro atoms. The number of hydrogen-bond donors (Lipinski definition) is 1. The smallest absolute Gasteiger partial charge is 0.232 e. The number of guanidine groups is 1. The number of morpholine rings is 1. The van der Waals surface area contributed by atoms with Crippen LogP contribution in [0.4, 0.5) is 0 Å². The van der Waals surface area contributed by atoms with Gasteiger partial charge in [-0.05, 0) is 19.8 Å². The second-order valence-corrected chi connectivity index (χ2v) is 8.63. The Morgan fingerprint density at radius 1 is 1.17 bits per heavy atom. The highest BCUT2D eigenvalue weighted by molar-refractivity contribution is 5.81. The first-order chi connectivity index (χ1) is 13.9. The first kappa shape index (κ1) is 21.5. The van der Waals surface area contributed by atoms with Crippen LogP contribution in [0.3, 0.4) is 0 Å². The number of carbonyl (C=O) groups excluding carboxylic acids is 1. The van der Waals surface area contributed by atoms with E-state index in [-0.39, 0.29) is 17.2 Å². The van der Waals surface area contributed by atoms with Gasteiger partial charge >= 0.3 is 0 Å². The third-order valence-electron chi connectivity index (χ3n) is 5.28. The number of ether oxygens (including phenoxy) is 1. The van der Waals surface area contributed by atoms with Gasteiger partial charge in [-0.3, -0.25) is 4.79 Å². The van der Waals surface area contributed by atoms with Crippen molar-refractivity contribution in [2.75, 3.05) is 45.9 Å². The van der Waals surface area contributed by atoms with Gasteiger partial charge in [0, 0.05) is 44.1 Å². The third kappa shape index (κ3) is 5.68. The van der Waals surface area contributed by atoms with Gasteiger partial charge in [0.25, 0.3) is 0 Å². The SMILES string of the molecule is CCNC(=NCc1noc(C(C)(C)C)n1)N1CCC(C(=O)N2CCOCC2)CC1. The van der Waals surface area contributed by atoms with Crippen LogP contribution in [0, 0.1) is 5.92 Å². The number of nitrogens with zero attached hydrogens (tertiary/aromatic N) is 5. The van der Waals surface area contributed by atoms with Crippen molar-refractivity contribution in [1.29, 1.82) is 0 Å². The van der Waals surface area contributed by atoms with E-state index in [4.69, 9.17) is 14.3 Å². The van der Waals surface area contributed by atoms with Crippen molar-refractivity contribution in [1.82, 2.24) is 25.3 Å². The van der Waals surface area contributed by atoms with Crippen LogP contribution >= 0.6 is 0 Å². The van der Waals surface area contributed by atoms with Crippen LogP contribution in [0.15, 0.2) is 9.52 Å². The molecule has 3 rings (SSSR count). The lowest BCUT2D eigenvalue weighted by molar-refractivity contribution is -0.140. The molecule has 1 aromatic rings. The molecule has 0 radical (unpaired) electrons. The van der Waals surface area contributed by atoms with Crippen LogP contribution in [-0.4, -0.2) is 77.7 Å². The largest absolute Gasteiger partial charge is 0.378 e. The highest BCUT2D eigenvalue weighted by atomic mass is 16.5. The van der Waals surface area contributed by atoms with Crippen LogP contribution in [0.5, 0.6) is 0 Å². The fourth-order valence-electron chi connectivity index (χ4n) is 3.57. The second kappa shape index (κ2) is 9.56. The Morgan fingerprint density at radius 3 is 2.45 bits per heavy atom. The number of likely N-dealkylation sites (tertiary alicyclic amines) is 1. The molecule has 0 bridgehead atoms.